The monoisotopic (exact) mass is 328 g/mol. The third-order valence-electron chi connectivity index (χ3n) is 3.70. The first kappa shape index (κ1) is 17.7. The van der Waals surface area contributed by atoms with Crippen molar-refractivity contribution in [3.63, 3.8) is 0 Å². The van der Waals surface area contributed by atoms with E-state index < -0.39 is 0 Å². The lowest BCUT2D eigenvalue weighted by Crippen LogP contribution is -2.28. The number of carbonyl (C=O) groups excluding carboxylic acids is 1. The lowest BCUT2D eigenvalue weighted by atomic mass is 10.0. The van der Waals surface area contributed by atoms with Crippen LogP contribution in [-0.4, -0.2) is 20.3 Å². The number of methoxy groups -OCH3 is 2. The van der Waals surface area contributed by atoms with Gasteiger partial charge in [0.2, 0.25) is 0 Å². The van der Waals surface area contributed by atoms with Gasteiger partial charge in [-0.1, -0.05) is 26.0 Å². The number of hydrogen-bond acceptors (Lipinski definition) is 3. The summed E-state index contributed by atoms with van der Waals surface area (Å²) < 4.78 is 10.4. The number of nitrogens with one attached hydrogen (secondary N) is 2. The lowest BCUT2D eigenvalue weighted by Gasteiger charge is -2.11. The Morgan fingerprint density at radius 3 is 2.08 bits per heavy atom. The molecule has 0 radical (unpaired) electrons. The molecule has 24 heavy (non-hydrogen) atoms. The number of anilines is 1. The minimum atomic E-state index is -0.255. The number of carbonyl (C=O) groups is 1. The van der Waals surface area contributed by atoms with Crippen LogP contribution in [0.3, 0.4) is 0 Å². The number of urea groups is 1. The van der Waals surface area contributed by atoms with Crippen LogP contribution in [0, 0.1) is 0 Å². The highest BCUT2D eigenvalue weighted by atomic mass is 16.5. The molecule has 0 aromatic heterocycles. The molecule has 0 bridgehead atoms. The molecule has 0 aliphatic carbocycles. The van der Waals surface area contributed by atoms with E-state index in [0.717, 1.165) is 11.3 Å². The van der Waals surface area contributed by atoms with E-state index in [1.165, 1.54) is 5.56 Å². The van der Waals surface area contributed by atoms with Gasteiger partial charge in [0, 0.05) is 18.3 Å². The second-order valence-electron chi connectivity index (χ2n) is 5.81. The smallest absolute Gasteiger partial charge is 0.319 e. The number of hydrogen-bond donors (Lipinski definition) is 2. The van der Waals surface area contributed by atoms with Gasteiger partial charge >= 0.3 is 6.03 Å². The van der Waals surface area contributed by atoms with Gasteiger partial charge in [-0.25, -0.2) is 4.79 Å². The third-order valence-corrected chi connectivity index (χ3v) is 3.70. The highest BCUT2D eigenvalue weighted by Gasteiger charge is 2.06. The van der Waals surface area contributed by atoms with Crippen molar-refractivity contribution in [1.82, 2.24) is 5.32 Å². The Bertz CT molecular complexity index is 659. The fourth-order valence-electron chi connectivity index (χ4n) is 2.28. The van der Waals surface area contributed by atoms with Gasteiger partial charge in [0.25, 0.3) is 0 Å². The molecule has 0 spiro atoms. The highest BCUT2D eigenvalue weighted by molar-refractivity contribution is 5.89. The summed E-state index contributed by atoms with van der Waals surface area (Å²) in [4.78, 5) is 12.0. The van der Waals surface area contributed by atoms with Crippen LogP contribution in [0.5, 0.6) is 11.5 Å². The van der Waals surface area contributed by atoms with E-state index in [9.17, 15) is 4.79 Å². The fourth-order valence-corrected chi connectivity index (χ4v) is 2.28. The molecule has 0 saturated heterocycles. The van der Waals surface area contributed by atoms with Crippen molar-refractivity contribution in [2.24, 2.45) is 0 Å². The Labute approximate surface area is 143 Å². The zero-order valence-electron chi connectivity index (χ0n) is 14.6. The summed E-state index contributed by atoms with van der Waals surface area (Å²) >= 11 is 0. The van der Waals surface area contributed by atoms with Crippen molar-refractivity contribution in [2.45, 2.75) is 26.3 Å². The molecule has 5 heteroatoms. The van der Waals surface area contributed by atoms with Gasteiger partial charge in [-0.3, -0.25) is 0 Å². The minimum absolute atomic E-state index is 0.255. The summed E-state index contributed by atoms with van der Waals surface area (Å²) in [7, 11) is 3.19. The Hall–Kier alpha value is -2.69. The van der Waals surface area contributed by atoms with E-state index in [2.05, 4.69) is 24.5 Å². The van der Waals surface area contributed by atoms with Gasteiger partial charge in [0.05, 0.1) is 14.2 Å². The molecule has 128 valence electrons. The van der Waals surface area contributed by atoms with Crippen LogP contribution in [0.25, 0.3) is 0 Å². The van der Waals surface area contributed by atoms with Crippen molar-refractivity contribution in [2.75, 3.05) is 19.5 Å². The second-order valence-corrected chi connectivity index (χ2v) is 5.81. The first-order chi connectivity index (χ1) is 11.5. The van der Waals surface area contributed by atoms with Crippen molar-refractivity contribution >= 4 is 11.7 Å². The largest absolute Gasteiger partial charge is 0.497 e. The lowest BCUT2D eigenvalue weighted by molar-refractivity contribution is 0.251. The fraction of sp³-hybridized carbons (Fsp3) is 0.316. The van der Waals surface area contributed by atoms with E-state index >= 15 is 0 Å². The van der Waals surface area contributed by atoms with Crippen molar-refractivity contribution in [3.8, 4) is 11.5 Å². The molecule has 2 amide bonds. The summed E-state index contributed by atoms with van der Waals surface area (Å²) in [5, 5.41) is 5.65. The molecule has 0 saturated carbocycles. The topological polar surface area (TPSA) is 59.6 Å². The summed E-state index contributed by atoms with van der Waals surface area (Å²) in [6, 6.07) is 13.1. The maximum atomic E-state index is 12.0. The summed E-state index contributed by atoms with van der Waals surface area (Å²) in [6.07, 6.45) is 0. The molecule has 2 aromatic rings. The molecule has 2 N–H and O–H groups in total. The predicted octanol–water partition coefficient (Wildman–Crippen LogP) is 4.15. The van der Waals surface area contributed by atoms with Crippen LogP contribution in [0.1, 0.15) is 30.9 Å². The van der Waals surface area contributed by atoms with E-state index in [-0.39, 0.29) is 6.03 Å². The molecule has 2 aromatic carbocycles. The molecule has 0 aliphatic rings. The standard InChI is InChI=1S/C19H24N2O3/c1-13(2)15-5-7-16(8-6-15)21-19(22)20-12-14-9-17(23-3)11-18(10-14)24-4/h5-11,13H,12H2,1-4H3,(H2,20,21,22). The zero-order chi connectivity index (χ0) is 17.5. The minimum Gasteiger partial charge on any atom is -0.497 e. The van der Waals surface area contributed by atoms with Crippen LogP contribution < -0.4 is 20.1 Å². The first-order valence-electron chi connectivity index (χ1n) is 7.88. The molecule has 0 unspecified atom stereocenters. The Balaban J connectivity index is 1.93. The van der Waals surface area contributed by atoms with E-state index in [0.29, 0.717) is 24.0 Å². The molecule has 2 rings (SSSR count). The average Bonchev–Trinajstić information content (AvgIpc) is 2.60. The van der Waals surface area contributed by atoms with E-state index in [1.807, 2.05) is 36.4 Å². The van der Waals surface area contributed by atoms with Gasteiger partial charge in [-0.15, -0.1) is 0 Å². The van der Waals surface area contributed by atoms with Crippen molar-refractivity contribution in [1.29, 1.82) is 0 Å². The molecule has 5 nitrogen and oxygen atoms in total. The normalized spacial score (nSPS) is 10.4. The summed E-state index contributed by atoms with van der Waals surface area (Å²) in [6.45, 7) is 4.65. The van der Waals surface area contributed by atoms with Gasteiger partial charge in [0.1, 0.15) is 11.5 Å². The van der Waals surface area contributed by atoms with Crippen LogP contribution in [-0.2, 0) is 6.54 Å². The number of amides is 2. The molecular formula is C19H24N2O3. The van der Waals surface area contributed by atoms with Crippen LogP contribution in [0.4, 0.5) is 10.5 Å². The summed E-state index contributed by atoms with van der Waals surface area (Å²) in [5.41, 5.74) is 2.90. The molecule has 0 atom stereocenters. The molecular weight excluding hydrogens is 304 g/mol. The molecule has 0 heterocycles. The van der Waals surface area contributed by atoms with Crippen LogP contribution in [0.2, 0.25) is 0 Å². The zero-order valence-corrected chi connectivity index (χ0v) is 14.6. The van der Waals surface area contributed by atoms with Crippen molar-refractivity contribution in [3.05, 3.63) is 53.6 Å². The highest BCUT2D eigenvalue weighted by Crippen LogP contribution is 2.22. The quantitative estimate of drug-likeness (QED) is 0.837. The SMILES string of the molecule is COc1cc(CNC(=O)Nc2ccc(C(C)C)cc2)cc(OC)c1. The Kier molecular flexibility index (Phi) is 6.07. The van der Waals surface area contributed by atoms with Crippen LogP contribution in [0.15, 0.2) is 42.5 Å². The third kappa shape index (κ3) is 4.91. The number of rotatable bonds is 6. The Morgan fingerprint density at radius 2 is 1.58 bits per heavy atom. The van der Waals surface area contributed by atoms with Gasteiger partial charge in [0.15, 0.2) is 0 Å². The van der Waals surface area contributed by atoms with E-state index in [4.69, 9.17) is 9.47 Å². The van der Waals surface area contributed by atoms with E-state index in [1.54, 1.807) is 20.3 Å². The first-order valence-corrected chi connectivity index (χ1v) is 7.88. The van der Waals surface area contributed by atoms with Crippen molar-refractivity contribution < 1.29 is 14.3 Å². The average molecular weight is 328 g/mol. The maximum Gasteiger partial charge on any atom is 0.319 e. The molecule has 0 fully saturated rings. The van der Waals surface area contributed by atoms with Gasteiger partial charge in [-0.2, -0.15) is 0 Å². The second kappa shape index (κ2) is 8.24. The molecule has 0 aliphatic heterocycles. The number of benzene rings is 2. The number of ether oxygens (including phenoxy) is 2. The summed E-state index contributed by atoms with van der Waals surface area (Å²) in [5.74, 6) is 1.85. The Morgan fingerprint density at radius 1 is 1.00 bits per heavy atom. The van der Waals surface area contributed by atoms with Crippen LogP contribution >= 0.6 is 0 Å². The van der Waals surface area contributed by atoms with Gasteiger partial charge < -0.3 is 20.1 Å². The maximum absolute atomic E-state index is 12.0. The van der Waals surface area contributed by atoms with Gasteiger partial charge in [-0.05, 0) is 41.3 Å². The predicted molar refractivity (Wildman–Crippen MR) is 95.9 cm³/mol.